The van der Waals surface area contributed by atoms with Crippen molar-refractivity contribution in [2.75, 3.05) is 5.75 Å². The summed E-state index contributed by atoms with van der Waals surface area (Å²) in [5.74, 6) is -0.602. The van der Waals surface area contributed by atoms with Crippen LogP contribution in [0.4, 0.5) is 13.2 Å². The van der Waals surface area contributed by atoms with Gasteiger partial charge in [-0.1, -0.05) is 48.5 Å². The van der Waals surface area contributed by atoms with Crippen LogP contribution in [0.5, 0.6) is 5.75 Å². The molecule has 1 amide bonds. The molecular formula is C24H20F3NO4S. The van der Waals surface area contributed by atoms with Crippen LogP contribution < -0.4 is 9.46 Å². The summed E-state index contributed by atoms with van der Waals surface area (Å²) >= 11 is 0. The second-order valence-corrected chi connectivity index (χ2v) is 9.58. The lowest BCUT2D eigenvalue weighted by atomic mass is 9.97. The maximum Gasteiger partial charge on any atom is 0.417 e. The van der Waals surface area contributed by atoms with E-state index in [1.807, 2.05) is 4.72 Å². The van der Waals surface area contributed by atoms with E-state index in [2.05, 4.69) is 0 Å². The molecule has 9 heteroatoms. The van der Waals surface area contributed by atoms with Crippen molar-refractivity contribution >= 4 is 15.9 Å². The van der Waals surface area contributed by atoms with Gasteiger partial charge in [0.05, 0.1) is 11.3 Å². The van der Waals surface area contributed by atoms with Crippen LogP contribution in [-0.4, -0.2) is 20.1 Å². The average molecular weight is 475 g/mol. The zero-order valence-corrected chi connectivity index (χ0v) is 18.1. The monoisotopic (exact) mass is 475 g/mol. The highest BCUT2D eigenvalue weighted by molar-refractivity contribution is 7.90. The van der Waals surface area contributed by atoms with Crippen LogP contribution in [0.25, 0.3) is 11.1 Å². The molecule has 0 aliphatic carbocycles. The molecule has 1 N–H and O–H groups in total. The van der Waals surface area contributed by atoms with E-state index in [1.165, 1.54) is 12.1 Å². The van der Waals surface area contributed by atoms with Crippen molar-refractivity contribution in [1.29, 1.82) is 0 Å². The summed E-state index contributed by atoms with van der Waals surface area (Å²) in [7, 11) is -3.63. The smallest absolute Gasteiger partial charge is 0.417 e. The van der Waals surface area contributed by atoms with E-state index in [0.29, 0.717) is 22.4 Å². The van der Waals surface area contributed by atoms with Crippen molar-refractivity contribution in [2.45, 2.75) is 25.1 Å². The number of ether oxygens (including phenoxy) is 1. The summed E-state index contributed by atoms with van der Waals surface area (Å²) in [6.45, 7) is 0.140. The van der Waals surface area contributed by atoms with Gasteiger partial charge >= 0.3 is 6.18 Å². The van der Waals surface area contributed by atoms with Gasteiger partial charge in [-0.05, 0) is 46.5 Å². The molecule has 0 aromatic heterocycles. The molecule has 1 unspecified atom stereocenters. The van der Waals surface area contributed by atoms with E-state index < -0.39 is 33.6 Å². The largest absolute Gasteiger partial charge is 0.489 e. The standard InChI is InChI=1S/C24H20F3NO4S/c25-24(26,27)22-7-2-1-6-21(22)18-5-3-4-16(12-18)14-32-20-10-8-17(9-11-20)19-13-23(29)28-33(30,31)15-19/h1-12,19H,13-15H2,(H,28,29). The summed E-state index contributed by atoms with van der Waals surface area (Å²) in [5, 5.41) is 0. The molecule has 0 spiro atoms. The Kier molecular flexibility index (Phi) is 6.16. The fourth-order valence-corrected chi connectivity index (χ4v) is 5.19. The van der Waals surface area contributed by atoms with Gasteiger partial charge in [0.1, 0.15) is 12.4 Å². The maximum atomic E-state index is 13.4. The van der Waals surface area contributed by atoms with Gasteiger partial charge in [0.25, 0.3) is 0 Å². The highest BCUT2D eigenvalue weighted by Crippen LogP contribution is 2.37. The van der Waals surface area contributed by atoms with Crippen LogP contribution in [0.3, 0.4) is 0 Å². The first-order valence-electron chi connectivity index (χ1n) is 10.1. The molecule has 1 aliphatic heterocycles. The molecular weight excluding hydrogens is 455 g/mol. The molecule has 1 fully saturated rings. The van der Waals surface area contributed by atoms with E-state index in [4.69, 9.17) is 4.74 Å². The van der Waals surface area contributed by atoms with Crippen LogP contribution in [0.2, 0.25) is 0 Å². The van der Waals surface area contributed by atoms with Crippen LogP contribution in [0, 0.1) is 0 Å². The summed E-state index contributed by atoms with van der Waals surface area (Å²) in [5.41, 5.74) is 1.26. The van der Waals surface area contributed by atoms with Crippen molar-refractivity contribution < 1.29 is 31.1 Å². The van der Waals surface area contributed by atoms with Gasteiger partial charge < -0.3 is 4.74 Å². The number of alkyl halides is 3. The van der Waals surface area contributed by atoms with E-state index in [-0.39, 0.29) is 24.3 Å². The highest BCUT2D eigenvalue weighted by atomic mass is 32.2. The minimum Gasteiger partial charge on any atom is -0.489 e. The molecule has 0 bridgehead atoms. The molecule has 33 heavy (non-hydrogen) atoms. The van der Waals surface area contributed by atoms with E-state index in [0.717, 1.165) is 6.07 Å². The maximum absolute atomic E-state index is 13.4. The van der Waals surface area contributed by atoms with Gasteiger partial charge in [0, 0.05) is 12.3 Å². The second-order valence-electron chi connectivity index (χ2n) is 7.81. The fraction of sp³-hybridized carbons (Fsp3) is 0.208. The SMILES string of the molecule is O=C1CC(c2ccc(OCc3cccc(-c4ccccc4C(F)(F)F)c3)cc2)CS(=O)(=O)N1. The number of amides is 1. The summed E-state index contributed by atoms with van der Waals surface area (Å²) in [6.07, 6.45) is -4.37. The number of carbonyl (C=O) groups excluding carboxylic acids is 1. The topological polar surface area (TPSA) is 72.5 Å². The highest BCUT2D eigenvalue weighted by Gasteiger charge is 2.33. The molecule has 3 aromatic rings. The number of halogens is 3. The fourth-order valence-electron chi connectivity index (χ4n) is 3.83. The first kappa shape index (κ1) is 22.8. The number of sulfonamides is 1. The zero-order valence-electron chi connectivity index (χ0n) is 17.3. The van der Waals surface area contributed by atoms with Crippen LogP contribution >= 0.6 is 0 Å². The Balaban J connectivity index is 1.46. The lowest BCUT2D eigenvalue weighted by molar-refractivity contribution is -0.137. The van der Waals surface area contributed by atoms with Crippen molar-refractivity contribution in [3.63, 3.8) is 0 Å². The summed E-state index contributed by atoms with van der Waals surface area (Å²) < 4.78 is 71.3. The quantitative estimate of drug-likeness (QED) is 0.571. The molecule has 0 radical (unpaired) electrons. The van der Waals surface area contributed by atoms with E-state index >= 15 is 0 Å². The third-order valence-electron chi connectivity index (χ3n) is 5.35. The first-order valence-corrected chi connectivity index (χ1v) is 11.8. The molecule has 4 rings (SSSR count). The first-order chi connectivity index (χ1) is 15.6. The van der Waals surface area contributed by atoms with Crippen molar-refractivity contribution in [1.82, 2.24) is 4.72 Å². The number of carbonyl (C=O) groups is 1. The van der Waals surface area contributed by atoms with Crippen molar-refractivity contribution in [3.8, 4) is 16.9 Å². The van der Waals surface area contributed by atoms with Crippen LogP contribution in [-0.2, 0) is 27.6 Å². The average Bonchev–Trinajstić information content (AvgIpc) is 2.76. The van der Waals surface area contributed by atoms with Crippen LogP contribution in [0.1, 0.15) is 29.0 Å². The molecule has 1 heterocycles. The van der Waals surface area contributed by atoms with E-state index in [1.54, 1.807) is 54.6 Å². The van der Waals surface area contributed by atoms with Crippen LogP contribution in [0.15, 0.2) is 72.8 Å². The number of benzene rings is 3. The van der Waals surface area contributed by atoms with Gasteiger partial charge in [-0.25, -0.2) is 8.42 Å². The van der Waals surface area contributed by atoms with Gasteiger partial charge in [-0.2, -0.15) is 13.2 Å². The number of rotatable bonds is 5. The van der Waals surface area contributed by atoms with Crippen molar-refractivity contribution in [3.05, 3.63) is 89.5 Å². The second kappa shape index (κ2) is 8.90. The van der Waals surface area contributed by atoms with Gasteiger partial charge in [0.2, 0.25) is 15.9 Å². The Morgan fingerprint density at radius 3 is 2.39 bits per heavy atom. The minimum atomic E-state index is -4.46. The molecule has 5 nitrogen and oxygen atoms in total. The van der Waals surface area contributed by atoms with Crippen molar-refractivity contribution in [2.24, 2.45) is 0 Å². The predicted molar refractivity (Wildman–Crippen MR) is 117 cm³/mol. The number of hydrogen-bond donors (Lipinski definition) is 1. The molecule has 1 atom stereocenters. The third kappa shape index (κ3) is 5.54. The number of nitrogens with one attached hydrogen (secondary N) is 1. The molecule has 172 valence electrons. The molecule has 1 saturated heterocycles. The van der Waals surface area contributed by atoms with E-state index in [9.17, 15) is 26.4 Å². The molecule has 1 aliphatic rings. The lowest BCUT2D eigenvalue weighted by Crippen LogP contribution is -2.40. The Labute approximate surface area is 189 Å². The Morgan fingerprint density at radius 1 is 0.970 bits per heavy atom. The third-order valence-corrected chi connectivity index (χ3v) is 6.73. The summed E-state index contributed by atoms with van der Waals surface area (Å²) in [4.78, 5) is 11.6. The summed E-state index contributed by atoms with van der Waals surface area (Å²) in [6, 6.07) is 18.9. The zero-order chi connectivity index (χ0) is 23.6. The molecule has 0 saturated carbocycles. The normalized spacial score (nSPS) is 17.9. The Bertz CT molecular complexity index is 1270. The minimum absolute atomic E-state index is 0.0889. The van der Waals surface area contributed by atoms with Gasteiger partial charge in [0.15, 0.2) is 0 Å². The van der Waals surface area contributed by atoms with Gasteiger partial charge in [-0.3, -0.25) is 9.52 Å². The predicted octanol–water partition coefficient (Wildman–Crippen LogP) is 4.88. The lowest BCUT2D eigenvalue weighted by Gasteiger charge is -2.22. The number of hydrogen-bond acceptors (Lipinski definition) is 4. The Hall–Kier alpha value is -3.33. The Morgan fingerprint density at radius 2 is 1.70 bits per heavy atom. The molecule has 3 aromatic carbocycles. The van der Waals surface area contributed by atoms with Gasteiger partial charge in [-0.15, -0.1) is 0 Å².